The summed E-state index contributed by atoms with van der Waals surface area (Å²) < 4.78 is 12.3. The number of aliphatic hydroxyl groups is 2. The van der Waals surface area contributed by atoms with Crippen LogP contribution in [0.25, 0.3) is 22.2 Å². The molecular weight excluding hydrogens is 640 g/mol. The molecule has 51 heavy (non-hydrogen) atoms. The first kappa shape index (κ1) is 34.7. The third kappa shape index (κ3) is 5.05. The van der Waals surface area contributed by atoms with Crippen LogP contribution in [0.2, 0.25) is 0 Å². The fraction of sp³-hybridized carbons (Fsp3) is 0.595. The average molecular weight is 697 g/mol. The van der Waals surface area contributed by atoms with E-state index in [2.05, 4.69) is 96.1 Å². The lowest BCUT2D eigenvalue weighted by Crippen LogP contribution is -2.74. The van der Waals surface area contributed by atoms with Crippen LogP contribution in [0, 0.1) is 11.3 Å². The quantitative estimate of drug-likeness (QED) is 0.195. The number of β-amino-alcohol motifs (C(OH)–C–C–N with tert-alkyl or cyclic N) is 1. The Kier molecular flexibility index (Phi) is 8.60. The van der Waals surface area contributed by atoms with E-state index in [-0.39, 0.29) is 23.5 Å². The molecule has 9 heteroatoms. The number of aliphatic hydroxyl groups excluding tert-OH is 1. The van der Waals surface area contributed by atoms with E-state index < -0.39 is 23.2 Å². The number of carbonyl (C=O) groups is 1. The number of carbonyl (C=O) groups excluding carboxylic acids is 1. The minimum atomic E-state index is -0.874. The Labute approximate surface area is 302 Å². The smallest absolute Gasteiger partial charge is 0.303 e. The van der Waals surface area contributed by atoms with Crippen LogP contribution in [0.5, 0.6) is 5.75 Å². The summed E-state index contributed by atoms with van der Waals surface area (Å²) in [5.74, 6) is 0.929. The van der Waals surface area contributed by atoms with Gasteiger partial charge in [0.15, 0.2) is 0 Å². The molecule has 5 aliphatic rings. The van der Waals surface area contributed by atoms with Gasteiger partial charge in [0.05, 0.1) is 24.4 Å². The molecule has 8 atom stereocenters. The minimum Gasteiger partial charge on any atom is -0.496 e. The van der Waals surface area contributed by atoms with E-state index in [1.54, 1.807) is 7.11 Å². The highest BCUT2D eigenvalue weighted by molar-refractivity contribution is 5.93. The van der Waals surface area contributed by atoms with Crippen molar-refractivity contribution in [2.45, 2.75) is 102 Å². The molecule has 2 unspecified atom stereocenters. The highest BCUT2D eigenvalue weighted by Gasteiger charge is 2.73. The Balaban J connectivity index is 1.26. The number of hydrogen-bond donors (Lipinski definition) is 3. The van der Waals surface area contributed by atoms with Gasteiger partial charge in [-0.15, -0.1) is 0 Å². The SMILES string of the molecule is CC[C@@H]1CN(CCc2c(-c3cc4c(cc3OC)N(C)C3[C@H](O)[C@H](OC(C)=O)[C@]5(CC)C=CCN6CC[C@]43C65)[nH]c3ccccc23)C[C@](O)(CC)C1. The number of hydrogen-bond acceptors (Lipinski definition) is 8. The lowest BCUT2D eigenvalue weighted by Gasteiger charge is -2.60. The molecule has 274 valence electrons. The molecular formula is C42H56N4O5. The van der Waals surface area contributed by atoms with Crippen molar-refractivity contribution in [2.24, 2.45) is 11.3 Å². The second-order valence-corrected chi connectivity index (χ2v) is 16.3. The summed E-state index contributed by atoms with van der Waals surface area (Å²) in [6, 6.07) is 12.9. The summed E-state index contributed by atoms with van der Waals surface area (Å²) in [6.45, 7) is 12.3. The van der Waals surface area contributed by atoms with Crippen LogP contribution in [0.15, 0.2) is 48.6 Å². The summed E-state index contributed by atoms with van der Waals surface area (Å²) >= 11 is 0. The van der Waals surface area contributed by atoms with E-state index >= 15 is 0 Å². The van der Waals surface area contributed by atoms with Crippen molar-refractivity contribution in [3.05, 3.63) is 59.7 Å². The van der Waals surface area contributed by atoms with E-state index in [1.165, 1.54) is 23.4 Å². The number of rotatable bonds is 9. The summed E-state index contributed by atoms with van der Waals surface area (Å²) in [4.78, 5) is 23.7. The van der Waals surface area contributed by atoms with Crippen molar-refractivity contribution >= 4 is 22.6 Å². The number of aromatic nitrogens is 1. The van der Waals surface area contributed by atoms with Crippen molar-refractivity contribution in [3.8, 4) is 17.0 Å². The van der Waals surface area contributed by atoms with Gasteiger partial charge in [-0.1, -0.05) is 57.5 Å². The van der Waals surface area contributed by atoms with Gasteiger partial charge in [0.2, 0.25) is 0 Å². The van der Waals surface area contributed by atoms with Crippen LogP contribution >= 0.6 is 0 Å². The third-order valence-electron chi connectivity index (χ3n) is 13.9. The van der Waals surface area contributed by atoms with Crippen LogP contribution in [0.4, 0.5) is 5.69 Å². The van der Waals surface area contributed by atoms with Crippen LogP contribution < -0.4 is 9.64 Å². The molecule has 0 radical (unpaired) electrons. The zero-order chi connectivity index (χ0) is 35.9. The Morgan fingerprint density at radius 1 is 1.14 bits per heavy atom. The molecule has 3 fully saturated rings. The summed E-state index contributed by atoms with van der Waals surface area (Å²) in [6.07, 6.45) is 8.18. The Morgan fingerprint density at radius 3 is 2.67 bits per heavy atom. The van der Waals surface area contributed by atoms with Crippen LogP contribution in [-0.2, 0) is 21.4 Å². The number of para-hydroxylation sites is 1. The number of anilines is 1. The number of benzene rings is 2. The first-order valence-electron chi connectivity index (χ1n) is 19.3. The fourth-order valence-electron chi connectivity index (χ4n) is 11.6. The zero-order valence-electron chi connectivity index (χ0n) is 31.2. The van der Waals surface area contributed by atoms with Gasteiger partial charge in [0.25, 0.3) is 0 Å². The van der Waals surface area contributed by atoms with Gasteiger partial charge in [-0.05, 0) is 67.8 Å². The second kappa shape index (κ2) is 12.6. The number of nitrogens with one attached hydrogen (secondary N) is 1. The van der Waals surface area contributed by atoms with Crippen molar-refractivity contribution in [2.75, 3.05) is 51.8 Å². The van der Waals surface area contributed by atoms with Crippen molar-refractivity contribution < 1.29 is 24.5 Å². The third-order valence-corrected chi connectivity index (χ3v) is 13.9. The first-order valence-corrected chi connectivity index (χ1v) is 19.3. The lowest BCUT2D eigenvalue weighted by atomic mass is 9.51. The van der Waals surface area contributed by atoms with Crippen molar-refractivity contribution in [3.63, 3.8) is 0 Å². The largest absolute Gasteiger partial charge is 0.496 e. The van der Waals surface area contributed by atoms with Gasteiger partial charge in [-0.2, -0.15) is 0 Å². The molecule has 1 aromatic heterocycles. The number of fused-ring (bicyclic) bond motifs is 2. The molecule has 2 saturated heterocycles. The number of likely N-dealkylation sites (tertiary alicyclic amines) is 1. The number of ether oxygens (including phenoxy) is 2. The van der Waals surface area contributed by atoms with Gasteiger partial charge >= 0.3 is 5.97 Å². The maximum absolute atomic E-state index is 12.6. The Hall–Kier alpha value is -3.37. The molecule has 3 aromatic rings. The number of aromatic amines is 1. The number of esters is 1. The molecule has 1 spiro atoms. The normalized spacial score (nSPS) is 34.4. The summed E-state index contributed by atoms with van der Waals surface area (Å²) in [7, 11) is 3.83. The number of nitrogens with zero attached hydrogens (tertiary/aromatic N) is 3. The molecule has 9 nitrogen and oxygen atoms in total. The van der Waals surface area contributed by atoms with Crippen LogP contribution in [-0.4, -0.2) is 108 Å². The van der Waals surface area contributed by atoms with E-state index in [0.717, 1.165) is 92.9 Å². The summed E-state index contributed by atoms with van der Waals surface area (Å²) in [5.41, 5.74) is 5.25. The molecule has 0 bridgehead atoms. The van der Waals surface area contributed by atoms with E-state index in [4.69, 9.17) is 9.47 Å². The molecule has 0 amide bonds. The van der Waals surface area contributed by atoms with E-state index in [0.29, 0.717) is 12.5 Å². The number of likely N-dealkylation sites (N-methyl/N-ethyl adjacent to an activating group) is 1. The number of methoxy groups -OCH3 is 1. The highest BCUT2D eigenvalue weighted by atomic mass is 16.6. The van der Waals surface area contributed by atoms with Crippen LogP contribution in [0.1, 0.15) is 70.9 Å². The monoisotopic (exact) mass is 696 g/mol. The molecule has 4 aliphatic heterocycles. The highest BCUT2D eigenvalue weighted by Crippen LogP contribution is 2.65. The topological polar surface area (TPSA) is 102 Å². The lowest BCUT2D eigenvalue weighted by molar-refractivity contribution is -0.184. The summed E-state index contributed by atoms with van der Waals surface area (Å²) in [5, 5.41) is 25.0. The molecule has 1 saturated carbocycles. The van der Waals surface area contributed by atoms with Gasteiger partial charge in [-0.3, -0.25) is 14.6 Å². The first-order chi connectivity index (χ1) is 24.5. The number of piperidine rings is 1. The molecule has 3 N–H and O–H groups in total. The molecule has 2 aromatic carbocycles. The van der Waals surface area contributed by atoms with E-state index in [9.17, 15) is 15.0 Å². The molecule has 5 heterocycles. The van der Waals surface area contributed by atoms with Gasteiger partial charge < -0.3 is 29.6 Å². The Bertz CT molecular complexity index is 1860. The van der Waals surface area contributed by atoms with Gasteiger partial charge in [0.1, 0.15) is 18.0 Å². The predicted octanol–water partition coefficient (Wildman–Crippen LogP) is 5.66. The van der Waals surface area contributed by atoms with Gasteiger partial charge in [-0.25, -0.2) is 0 Å². The maximum Gasteiger partial charge on any atom is 0.303 e. The second-order valence-electron chi connectivity index (χ2n) is 16.3. The predicted molar refractivity (Wildman–Crippen MR) is 201 cm³/mol. The zero-order valence-corrected chi connectivity index (χ0v) is 31.2. The average Bonchev–Trinajstić information content (AvgIpc) is 3.78. The van der Waals surface area contributed by atoms with E-state index in [1.807, 2.05) is 0 Å². The molecule has 8 rings (SSSR count). The number of H-pyrrole nitrogens is 1. The standard InChI is InChI=1S/C42H56N4O5/c1-7-27-23-40(49,8-2)25-45(24-27)19-15-29-28-13-10-11-14-32(28)43-35(29)30-21-31-33(22-34(30)50-6)44(5)37-36(48)38(51-26(4)47)41(9-3)16-12-18-46-20-17-42(31,37)39(41)46/h10-14,16,21-22,27,36-39,43,48-49H,7-9,15,17-20,23-25H2,1-6H3/t27-,36-,37?,38-,39?,40-,41-,42-/m0/s1. The van der Waals surface area contributed by atoms with Crippen molar-refractivity contribution in [1.82, 2.24) is 14.8 Å². The maximum atomic E-state index is 12.6. The Morgan fingerprint density at radius 2 is 1.94 bits per heavy atom. The molecule has 1 aliphatic carbocycles. The van der Waals surface area contributed by atoms with Crippen molar-refractivity contribution in [1.29, 1.82) is 0 Å². The van der Waals surface area contributed by atoms with Gasteiger partial charge in [0, 0.05) is 85.2 Å². The fourth-order valence-corrected chi connectivity index (χ4v) is 11.6. The van der Waals surface area contributed by atoms with Crippen LogP contribution in [0.3, 0.4) is 0 Å². The minimum absolute atomic E-state index is 0.0628.